The minimum Gasteiger partial charge on any atom is -0.286 e. The van der Waals surface area contributed by atoms with Gasteiger partial charge in [-0.05, 0) is 24.4 Å². The van der Waals surface area contributed by atoms with Crippen LogP contribution in [0.5, 0.6) is 0 Å². The number of aryl methyl sites for hydroxylation is 1. The molecule has 0 unspecified atom stereocenters. The number of carbonyl (C=O) groups excluding carboxylic acids is 1. The first-order valence-electron chi connectivity index (χ1n) is 4.15. The minimum atomic E-state index is -0.0366. The summed E-state index contributed by atoms with van der Waals surface area (Å²) in [5.41, 5.74) is 0.458. The Balaban J connectivity index is 2.37. The van der Waals surface area contributed by atoms with E-state index in [2.05, 4.69) is 9.97 Å². The van der Waals surface area contributed by atoms with Crippen LogP contribution in [0.15, 0.2) is 29.8 Å². The Morgan fingerprint density at radius 2 is 2.29 bits per heavy atom. The summed E-state index contributed by atoms with van der Waals surface area (Å²) in [5.74, 6) is 0.581. The SMILES string of the molecule is Cc1nccc(C(=O)c2cccs2)n1. The highest BCUT2D eigenvalue weighted by Gasteiger charge is 2.11. The fraction of sp³-hybridized carbons (Fsp3) is 0.100. The van der Waals surface area contributed by atoms with Crippen LogP contribution in [0.1, 0.15) is 21.2 Å². The molecule has 0 saturated carbocycles. The van der Waals surface area contributed by atoms with Gasteiger partial charge < -0.3 is 0 Å². The third-order valence-corrected chi connectivity index (χ3v) is 2.62. The number of thiophene rings is 1. The van der Waals surface area contributed by atoms with Crippen molar-refractivity contribution in [1.29, 1.82) is 0 Å². The highest BCUT2D eigenvalue weighted by atomic mass is 32.1. The van der Waals surface area contributed by atoms with E-state index in [1.165, 1.54) is 11.3 Å². The summed E-state index contributed by atoms with van der Waals surface area (Å²) >= 11 is 1.42. The van der Waals surface area contributed by atoms with Gasteiger partial charge in [-0.25, -0.2) is 9.97 Å². The molecule has 2 heterocycles. The highest BCUT2D eigenvalue weighted by molar-refractivity contribution is 7.12. The summed E-state index contributed by atoms with van der Waals surface area (Å²) in [4.78, 5) is 20.5. The molecule has 0 aliphatic heterocycles. The quantitative estimate of drug-likeness (QED) is 0.703. The van der Waals surface area contributed by atoms with Gasteiger partial charge in [0.25, 0.3) is 0 Å². The van der Waals surface area contributed by atoms with Gasteiger partial charge in [0.2, 0.25) is 5.78 Å². The smallest absolute Gasteiger partial charge is 0.221 e. The average molecular weight is 204 g/mol. The lowest BCUT2D eigenvalue weighted by Crippen LogP contribution is -2.03. The van der Waals surface area contributed by atoms with Gasteiger partial charge in [-0.2, -0.15) is 0 Å². The maximum absolute atomic E-state index is 11.8. The topological polar surface area (TPSA) is 42.9 Å². The summed E-state index contributed by atoms with van der Waals surface area (Å²) < 4.78 is 0. The monoisotopic (exact) mass is 204 g/mol. The molecule has 2 rings (SSSR count). The zero-order valence-electron chi connectivity index (χ0n) is 7.60. The first-order valence-corrected chi connectivity index (χ1v) is 5.03. The lowest BCUT2D eigenvalue weighted by atomic mass is 10.2. The highest BCUT2D eigenvalue weighted by Crippen LogP contribution is 2.13. The van der Waals surface area contributed by atoms with E-state index in [-0.39, 0.29) is 5.78 Å². The van der Waals surface area contributed by atoms with Crippen molar-refractivity contribution in [1.82, 2.24) is 9.97 Å². The number of hydrogen-bond acceptors (Lipinski definition) is 4. The van der Waals surface area contributed by atoms with Crippen LogP contribution >= 0.6 is 11.3 Å². The van der Waals surface area contributed by atoms with Crippen molar-refractivity contribution in [2.45, 2.75) is 6.92 Å². The molecule has 2 aromatic rings. The molecule has 0 saturated heterocycles. The number of nitrogens with zero attached hydrogens (tertiary/aromatic N) is 2. The molecule has 0 fully saturated rings. The van der Waals surface area contributed by atoms with Crippen LogP contribution in [0.25, 0.3) is 0 Å². The van der Waals surface area contributed by atoms with Gasteiger partial charge in [0.05, 0.1) is 4.88 Å². The van der Waals surface area contributed by atoms with E-state index < -0.39 is 0 Å². The van der Waals surface area contributed by atoms with Crippen LogP contribution in [-0.4, -0.2) is 15.8 Å². The second-order valence-electron chi connectivity index (χ2n) is 2.80. The summed E-state index contributed by atoms with van der Waals surface area (Å²) in [6, 6.07) is 5.28. The minimum absolute atomic E-state index is 0.0366. The molecule has 0 bridgehead atoms. The summed E-state index contributed by atoms with van der Waals surface area (Å²) in [6.45, 7) is 1.77. The maximum atomic E-state index is 11.8. The number of rotatable bonds is 2. The van der Waals surface area contributed by atoms with Crippen molar-refractivity contribution < 1.29 is 4.79 Å². The van der Waals surface area contributed by atoms with Crippen LogP contribution in [0.3, 0.4) is 0 Å². The predicted molar refractivity (Wildman–Crippen MR) is 54.5 cm³/mol. The Kier molecular flexibility index (Phi) is 2.37. The number of ketones is 1. The standard InChI is InChI=1S/C10H8N2OS/c1-7-11-5-4-8(12-7)10(13)9-3-2-6-14-9/h2-6H,1H3. The first kappa shape index (κ1) is 9.02. The molecule has 70 valence electrons. The molecule has 3 nitrogen and oxygen atoms in total. The summed E-state index contributed by atoms with van der Waals surface area (Å²) in [7, 11) is 0. The summed E-state index contributed by atoms with van der Waals surface area (Å²) in [5, 5.41) is 1.88. The second kappa shape index (κ2) is 3.67. The van der Waals surface area contributed by atoms with Crippen molar-refractivity contribution in [3.05, 3.63) is 46.2 Å². The summed E-state index contributed by atoms with van der Waals surface area (Å²) in [6.07, 6.45) is 1.60. The largest absolute Gasteiger partial charge is 0.286 e. The van der Waals surface area contributed by atoms with E-state index in [1.54, 1.807) is 25.3 Å². The van der Waals surface area contributed by atoms with E-state index >= 15 is 0 Å². The average Bonchev–Trinajstić information content (AvgIpc) is 2.69. The third-order valence-electron chi connectivity index (χ3n) is 1.75. The van der Waals surface area contributed by atoms with E-state index in [1.807, 2.05) is 11.4 Å². The van der Waals surface area contributed by atoms with Crippen molar-refractivity contribution in [2.75, 3.05) is 0 Å². The fourth-order valence-electron chi connectivity index (χ4n) is 1.12. The van der Waals surface area contributed by atoms with Gasteiger partial charge in [0.1, 0.15) is 11.5 Å². The zero-order valence-corrected chi connectivity index (χ0v) is 8.41. The van der Waals surface area contributed by atoms with E-state index in [0.29, 0.717) is 16.4 Å². The van der Waals surface area contributed by atoms with E-state index in [0.717, 1.165) is 0 Å². The Hall–Kier alpha value is -1.55. The lowest BCUT2D eigenvalue weighted by Gasteiger charge is -1.97. The second-order valence-corrected chi connectivity index (χ2v) is 3.74. The maximum Gasteiger partial charge on any atom is 0.221 e. The molecule has 0 aromatic carbocycles. The van der Waals surface area contributed by atoms with Crippen molar-refractivity contribution >= 4 is 17.1 Å². The molecule has 0 spiro atoms. The lowest BCUT2D eigenvalue weighted by molar-refractivity contribution is 0.103. The predicted octanol–water partition coefficient (Wildman–Crippen LogP) is 2.08. The van der Waals surface area contributed by atoms with E-state index in [9.17, 15) is 4.79 Å². The molecule has 2 aromatic heterocycles. The molecule has 0 atom stereocenters. The van der Waals surface area contributed by atoms with Crippen LogP contribution in [0, 0.1) is 6.92 Å². The molecule has 0 aliphatic rings. The fourth-order valence-corrected chi connectivity index (χ4v) is 1.79. The molecule has 0 N–H and O–H groups in total. The Bertz CT molecular complexity index is 451. The van der Waals surface area contributed by atoms with Crippen LogP contribution < -0.4 is 0 Å². The molecule has 4 heteroatoms. The van der Waals surface area contributed by atoms with E-state index in [4.69, 9.17) is 0 Å². The van der Waals surface area contributed by atoms with Gasteiger partial charge in [-0.15, -0.1) is 11.3 Å². The normalized spacial score (nSPS) is 10.1. The van der Waals surface area contributed by atoms with Gasteiger partial charge in [-0.3, -0.25) is 4.79 Å². The van der Waals surface area contributed by atoms with Crippen LogP contribution in [0.4, 0.5) is 0 Å². The zero-order chi connectivity index (χ0) is 9.97. The van der Waals surface area contributed by atoms with Crippen molar-refractivity contribution in [2.24, 2.45) is 0 Å². The van der Waals surface area contributed by atoms with Crippen molar-refractivity contribution in [3.63, 3.8) is 0 Å². The number of carbonyl (C=O) groups is 1. The van der Waals surface area contributed by atoms with Crippen LogP contribution in [0.2, 0.25) is 0 Å². The molecular weight excluding hydrogens is 196 g/mol. The van der Waals surface area contributed by atoms with Crippen LogP contribution in [-0.2, 0) is 0 Å². The van der Waals surface area contributed by atoms with Gasteiger partial charge >= 0.3 is 0 Å². The molecular formula is C10H8N2OS. The number of aromatic nitrogens is 2. The Morgan fingerprint density at radius 1 is 1.43 bits per heavy atom. The van der Waals surface area contributed by atoms with Crippen molar-refractivity contribution in [3.8, 4) is 0 Å². The molecule has 14 heavy (non-hydrogen) atoms. The van der Waals surface area contributed by atoms with Gasteiger partial charge in [-0.1, -0.05) is 6.07 Å². The Morgan fingerprint density at radius 3 is 2.93 bits per heavy atom. The number of hydrogen-bond donors (Lipinski definition) is 0. The Labute approximate surface area is 85.5 Å². The van der Waals surface area contributed by atoms with Gasteiger partial charge in [0.15, 0.2) is 0 Å². The molecule has 0 radical (unpaired) electrons. The van der Waals surface area contributed by atoms with Gasteiger partial charge in [0, 0.05) is 6.20 Å². The first-order chi connectivity index (χ1) is 6.77. The molecule has 0 amide bonds. The third kappa shape index (κ3) is 1.70. The molecule has 0 aliphatic carbocycles.